The molecular weight excluding hydrogens is 296 g/mol. The zero-order valence-corrected chi connectivity index (χ0v) is 13.3. The van der Waals surface area contributed by atoms with Crippen molar-refractivity contribution in [1.29, 1.82) is 0 Å². The Morgan fingerprint density at radius 2 is 0.875 bits per heavy atom. The van der Waals surface area contributed by atoms with E-state index in [-0.39, 0.29) is 0 Å². The first kappa shape index (κ1) is 14.5. The maximum Gasteiger partial charge on any atom is 0.300 e. The lowest BCUT2D eigenvalue weighted by molar-refractivity contribution is -0.134. The largest absolute Gasteiger partial charge is 0.481 e. The van der Waals surface area contributed by atoms with Crippen molar-refractivity contribution in [3.8, 4) is 0 Å². The second-order valence-electron chi connectivity index (χ2n) is 5.94. The molecule has 0 amide bonds. The molecule has 0 spiro atoms. The molecule has 5 aromatic rings. The quantitative estimate of drug-likeness (QED) is 0.288. The highest BCUT2D eigenvalue weighted by Crippen LogP contribution is 2.39. The first-order valence-electron chi connectivity index (χ1n) is 7.90. The van der Waals surface area contributed by atoms with Crippen molar-refractivity contribution in [2.45, 2.75) is 6.92 Å². The number of benzene rings is 5. The molecule has 0 aliphatic rings. The Balaban J connectivity index is 0.000000332. The van der Waals surface area contributed by atoms with Crippen molar-refractivity contribution >= 4 is 49.1 Å². The zero-order chi connectivity index (χ0) is 16.7. The topological polar surface area (TPSA) is 37.3 Å². The molecule has 2 nitrogen and oxygen atoms in total. The predicted molar refractivity (Wildman–Crippen MR) is 101 cm³/mol. The van der Waals surface area contributed by atoms with Gasteiger partial charge in [0.25, 0.3) is 5.97 Å². The number of aliphatic carboxylic acids is 1. The van der Waals surface area contributed by atoms with Crippen molar-refractivity contribution in [3.63, 3.8) is 0 Å². The van der Waals surface area contributed by atoms with Gasteiger partial charge in [0.15, 0.2) is 0 Å². The monoisotopic (exact) mass is 312 g/mol. The third kappa shape index (κ3) is 2.16. The van der Waals surface area contributed by atoms with Crippen LogP contribution in [0.3, 0.4) is 0 Å². The van der Waals surface area contributed by atoms with E-state index in [1.165, 1.54) is 43.1 Å². The van der Waals surface area contributed by atoms with E-state index in [9.17, 15) is 0 Å². The highest BCUT2D eigenvalue weighted by molar-refractivity contribution is 6.32. The number of carbonyl (C=O) groups is 1. The van der Waals surface area contributed by atoms with Crippen molar-refractivity contribution < 1.29 is 9.90 Å². The predicted octanol–water partition coefficient (Wildman–Crippen LogP) is 5.83. The minimum Gasteiger partial charge on any atom is -0.481 e. The molecular formula is C22H16O2. The molecule has 0 atom stereocenters. The number of hydrogen-bond acceptors (Lipinski definition) is 1. The lowest BCUT2D eigenvalue weighted by atomic mass is 9.90. The molecule has 24 heavy (non-hydrogen) atoms. The fraction of sp³-hybridized carbons (Fsp3) is 0.0455. The van der Waals surface area contributed by atoms with Crippen LogP contribution < -0.4 is 0 Å². The molecule has 5 aromatic carbocycles. The summed E-state index contributed by atoms with van der Waals surface area (Å²) < 4.78 is 0. The van der Waals surface area contributed by atoms with Crippen LogP contribution in [-0.4, -0.2) is 11.1 Å². The standard InChI is InChI=1S/C20H12.C2H4O2/c1-5-13-6-2-11-17-18-12-4-8-14-7-3-10-16(20(14)18)15(9-1)19(13)17;1-2(3)4/h1-12H;1H3,(H,3,4). The maximum atomic E-state index is 9.00. The number of fused-ring (bicyclic) bond motifs is 2. The van der Waals surface area contributed by atoms with Gasteiger partial charge in [-0.3, -0.25) is 4.79 Å². The van der Waals surface area contributed by atoms with Crippen LogP contribution in [-0.2, 0) is 4.79 Å². The Morgan fingerprint density at radius 3 is 1.12 bits per heavy atom. The number of carboxylic acids is 1. The van der Waals surface area contributed by atoms with Crippen LogP contribution >= 0.6 is 0 Å². The van der Waals surface area contributed by atoms with Crippen molar-refractivity contribution in [2.75, 3.05) is 0 Å². The zero-order valence-electron chi connectivity index (χ0n) is 13.3. The van der Waals surface area contributed by atoms with Crippen molar-refractivity contribution in [3.05, 3.63) is 72.8 Å². The van der Waals surface area contributed by atoms with Gasteiger partial charge in [-0.25, -0.2) is 0 Å². The molecule has 0 fully saturated rings. The van der Waals surface area contributed by atoms with E-state index in [0.29, 0.717) is 0 Å². The summed E-state index contributed by atoms with van der Waals surface area (Å²) in [6.45, 7) is 1.08. The minimum atomic E-state index is -0.833. The molecule has 0 saturated carbocycles. The number of rotatable bonds is 0. The molecule has 0 radical (unpaired) electrons. The van der Waals surface area contributed by atoms with Gasteiger partial charge < -0.3 is 5.11 Å². The van der Waals surface area contributed by atoms with Crippen molar-refractivity contribution in [2.24, 2.45) is 0 Å². The molecule has 2 heteroatoms. The van der Waals surface area contributed by atoms with E-state index in [4.69, 9.17) is 9.90 Å². The molecule has 5 rings (SSSR count). The highest BCUT2D eigenvalue weighted by atomic mass is 16.4. The Kier molecular flexibility index (Phi) is 3.31. The van der Waals surface area contributed by atoms with Crippen LogP contribution in [0.1, 0.15) is 6.92 Å². The van der Waals surface area contributed by atoms with Crippen LogP contribution in [0.2, 0.25) is 0 Å². The molecule has 116 valence electrons. The van der Waals surface area contributed by atoms with Gasteiger partial charge in [0.05, 0.1) is 0 Å². The number of carboxylic acid groups (broad SMARTS) is 1. The van der Waals surface area contributed by atoms with E-state index in [1.807, 2.05) is 0 Å². The van der Waals surface area contributed by atoms with E-state index in [0.717, 1.165) is 6.92 Å². The van der Waals surface area contributed by atoms with Gasteiger partial charge in [-0.1, -0.05) is 72.8 Å². The Labute approximate surface area is 139 Å². The summed E-state index contributed by atoms with van der Waals surface area (Å²) in [6, 6.07) is 26.4. The fourth-order valence-electron chi connectivity index (χ4n) is 3.58. The van der Waals surface area contributed by atoms with Gasteiger partial charge >= 0.3 is 0 Å². The summed E-state index contributed by atoms with van der Waals surface area (Å²) in [4.78, 5) is 9.00. The normalized spacial score (nSPS) is 11.0. The molecule has 0 aliphatic carbocycles. The molecule has 0 bridgehead atoms. The third-order valence-corrected chi connectivity index (χ3v) is 4.39. The lowest BCUT2D eigenvalue weighted by Gasteiger charge is -2.13. The van der Waals surface area contributed by atoms with E-state index >= 15 is 0 Å². The van der Waals surface area contributed by atoms with Gasteiger partial charge in [-0.2, -0.15) is 0 Å². The maximum absolute atomic E-state index is 9.00. The van der Waals surface area contributed by atoms with Crippen LogP contribution in [0.15, 0.2) is 72.8 Å². The summed E-state index contributed by atoms with van der Waals surface area (Å²) in [7, 11) is 0. The second-order valence-corrected chi connectivity index (χ2v) is 5.94. The van der Waals surface area contributed by atoms with Crippen molar-refractivity contribution in [1.82, 2.24) is 0 Å². The van der Waals surface area contributed by atoms with Gasteiger partial charge in [-0.15, -0.1) is 0 Å². The fourth-order valence-corrected chi connectivity index (χ4v) is 3.58. The molecule has 0 saturated heterocycles. The minimum absolute atomic E-state index is 0.833. The van der Waals surface area contributed by atoms with E-state index in [1.54, 1.807) is 0 Å². The Bertz CT molecular complexity index is 1010. The SMILES string of the molecule is CC(=O)O.c1cc2cccc3c4cccc5cccc(c(c1)c23)c54. The van der Waals surface area contributed by atoms with Crippen LogP contribution in [0.5, 0.6) is 0 Å². The first-order valence-corrected chi connectivity index (χ1v) is 7.90. The smallest absolute Gasteiger partial charge is 0.300 e. The molecule has 0 unspecified atom stereocenters. The molecule has 0 aromatic heterocycles. The van der Waals surface area contributed by atoms with E-state index < -0.39 is 5.97 Å². The highest BCUT2D eigenvalue weighted by Gasteiger charge is 2.11. The van der Waals surface area contributed by atoms with Gasteiger partial charge in [-0.05, 0) is 43.1 Å². The summed E-state index contributed by atoms with van der Waals surface area (Å²) in [5.41, 5.74) is 0. The summed E-state index contributed by atoms with van der Waals surface area (Å²) in [5, 5.41) is 18.3. The Morgan fingerprint density at radius 1 is 0.625 bits per heavy atom. The van der Waals surface area contributed by atoms with E-state index in [2.05, 4.69) is 72.8 Å². The molecule has 0 aliphatic heterocycles. The third-order valence-electron chi connectivity index (χ3n) is 4.39. The first-order chi connectivity index (χ1) is 11.7. The average molecular weight is 312 g/mol. The van der Waals surface area contributed by atoms with Crippen LogP contribution in [0.25, 0.3) is 43.1 Å². The second kappa shape index (κ2) is 5.50. The van der Waals surface area contributed by atoms with Gasteiger partial charge in [0.1, 0.15) is 0 Å². The van der Waals surface area contributed by atoms with Crippen LogP contribution in [0.4, 0.5) is 0 Å². The van der Waals surface area contributed by atoms with Crippen LogP contribution in [0, 0.1) is 0 Å². The Hall–Kier alpha value is -3.13. The molecule has 1 N–H and O–H groups in total. The lowest BCUT2D eigenvalue weighted by Crippen LogP contribution is -1.85. The average Bonchev–Trinajstić information content (AvgIpc) is 2.59. The number of hydrogen-bond donors (Lipinski definition) is 1. The summed E-state index contributed by atoms with van der Waals surface area (Å²) >= 11 is 0. The summed E-state index contributed by atoms with van der Waals surface area (Å²) in [5.74, 6) is -0.833. The van der Waals surface area contributed by atoms with Gasteiger partial charge in [0.2, 0.25) is 0 Å². The molecule has 0 heterocycles. The summed E-state index contributed by atoms with van der Waals surface area (Å²) in [6.07, 6.45) is 0. The van der Waals surface area contributed by atoms with Gasteiger partial charge in [0, 0.05) is 6.92 Å².